The van der Waals surface area contributed by atoms with Gasteiger partial charge in [0.2, 0.25) is 5.91 Å². The number of rotatable bonds is 4. The summed E-state index contributed by atoms with van der Waals surface area (Å²) in [6, 6.07) is 7.88. The molecular formula is C18H21N3O3S. The first kappa shape index (κ1) is 16.5. The highest BCUT2D eigenvalue weighted by Crippen LogP contribution is 2.28. The van der Waals surface area contributed by atoms with Crippen LogP contribution in [0.5, 0.6) is 5.75 Å². The molecule has 132 valence electrons. The van der Waals surface area contributed by atoms with Crippen LogP contribution in [0.3, 0.4) is 0 Å². The predicted molar refractivity (Wildman–Crippen MR) is 96.0 cm³/mol. The fourth-order valence-corrected chi connectivity index (χ4v) is 3.83. The zero-order valence-electron chi connectivity index (χ0n) is 13.9. The molecule has 1 N–H and O–H groups in total. The Hall–Kier alpha value is -1.96. The Morgan fingerprint density at radius 2 is 2.16 bits per heavy atom. The fraction of sp³-hybridized carbons (Fsp3) is 0.444. The van der Waals surface area contributed by atoms with E-state index >= 15 is 0 Å². The number of hydrogen-bond acceptors (Lipinski definition) is 6. The zero-order chi connectivity index (χ0) is 17.1. The molecule has 1 unspecified atom stereocenters. The number of ether oxygens (including phenoxy) is 2. The summed E-state index contributed by atoms with van der Waals surface area (Å²) in [6.07, 6.45) is 0.702. The number of thiazole rings is 1. The van der Waals surface area contributed by atoms with E-state index in [0.717, 1.165) is 49.9 Å². The van der Waals surface area contributed by atoms with Crippen molar-refractivity contribution in [3.63, 3.8) is 0 Å². The summed E-state index contributed by atoms with van der Waals surface area (Å²) in [5.41, 5.74) is 2.08. The third kappa shape index (κ3) is 4.00. The normalized spacial score (nSPS) is 20.6. The Balaban J connectivity index is 1.34. The number of para-hydroxylation sites is 1. The highest BCUT2D eigenvalue weighted by atomic mass is 32.1. The number of anilines is 1. The number of nitrogens with one attached hydrogen (secondary N) is 1. The molecule has 0 radical (unpaired) electrons. The lowest BCUT2D eigenvalue weighted by atomic mass is 9.96. The molecule has 1 amide bonds. The van der Waals surface area contributed by atoms with Crippen LogP contribution in [0.1, 0.15) is 11.3 Å². The van der Waals surface area contributed by atoms with Gasteiger partial charge < -0.3 is 14.8 Å². The minimum atomic E-state index is -0.179. The van der Waals surface area contributed by atoms with E-state index in [1.807, 2.05) is 29.6 Å². The highest BCUT2D eigenvalue weighted by Gasteiger charge is 2.26. The Morgan fingerprint density at radius 1 is 1.32 bits per heavy atom. The van der Waals surface area contributed by atoms with Crippen molar-refractivity contribution in [1.82, 2.24) is 9.88 Å². The van der Waals surface area contributed by atoms with Gasteiger partial charge in [0, 0.05) is 25.0 Å². The van der Waals surface area contributed by atoms with E-state index < -0.39 is 0 Å². The van der Waals surface area contributed by atoms with Crippen molar-refractivity contribution >= 4 is 22.4 Å². The van der Waals surface area contributed by atoms with E-state index in [4.69, 9.17) is 9.47 Å². The molecular weight excluding hydrogens is 338 g/mol. The summed E-state index contributed by atoms with van der Waals surface area (Å²) in [5.74, 6) is 0.678. The van der Waals surface area contributed by atoms with Gasteiger partial charge in [0.25, 0.3) is 0 Å². The maximum absolute atomic E-state index is 12.5. The van der Waals surface area contributed by atoms with Gasteiger partial charge in [0.1, 0.15) is 12.4 Å². The number of carbonyl (C=O) groups is 1. The first-order chi connectivity index (χ1) is 12.3. The molecule has 1 atom stereocenters. The molecule has 0 saturated carbocycles. The zero-order valence-corrected chi connectivity index (χ0v) is 14.8. The van der Waals surface area contributed by atoms with Crippen LogP contribution in [-0.4, -0.2) is 48.7 Å². The van der Waals surface area contributed by atoms with Gasteiger partial charge in [-0.3, -0.25) is 9.69 Å². The standard InChI is InChI=1S/C18H21N3O3S/c22-17(14-9-13-3-1-2-4-16(13)24-11-14)20-18-19-15(12-25-18)10-21-5-7-23-8-6-21/h1-4,12,14H,5-11H2,(H,19,20,22). The highest BCUT2D eigenvalue weighted by molar-refractivity contribution is 7.13. The molecule has 3 heterocycles. The van der Waals surface area contributed by atoms with E-state index in [1.54, 1.807) is 0 Å². The Morgan fingerprint density at radius 3 is 3.04 bits per heavy atom. The summed E-state index contributed by atoms with van der Waals surface area (Å²) in [7, 11) is 0. The molecule has 0 spiro atoms. The van der Waals surface area contributed by atoms with Gasteiger partial charge in [-0.15, -0.1) is 11.3 Å². The summed E-state index contributed by atoms with van der Waals surface area (Å²) in [6.45, 7) is 4.62. The van der Waals surface area contributed by atoms with Crippen molar-refractivity contribution < 1.29 is 14.3 Å². The van der Waals surface area contributed by atoms with Gasteiger partial charge in [-0.1, -0.05) is 18.2 Å². The predicted octanol–water partition coefficient (Wildman–Crippen LogP) is 2.17. The molecule has 1 saturated heterocycles. The second-order valence-corrected chi connectivity index (χ2v) is 7.20. The number of carbonyl (C=O) groups excluding carboxylic acids is 1. The van der Waals surface area contributed by atoms with Crippen molar-refractivity contribution in [2.24, 2.45) is 5.92 Å². The average Bonchev–Trinajstić information content (AvgIpc) is 3.09. The van der Waals surface area contributed by atoms with E-state index in [0.29, 0.717) is 18.2 Å². The molecule has 2 aromatic rings. The average molecular weight is 359 g/mol. The molecule has 1 aromatic carbocycles. The minimum absolute atomic E-state index is 0.0261. The molecule has 2 aliphatic heterocycles. The largest absolute Gasteiger partial charge is 0.492 e. The van der Waals surface area contributed by atoms with Crippen LogP contribution in [0, 0.1) is 5.92 Å². The van der Waals surface area contributed by atoms with Crippen LogP contribution in [0.25, 0.3) is 0 Å². The van der Waals surface area contributed by atoms with Crippen LogP contribution in [0.4, 0.5) is 5.13 Å². The number of fused-ring (bicyclic) bond motifs is 1. The van der Waals surface area contributed by atoms with E-state index in [9.17, 15) is 4.79 Å². The van der Waals surface area contributed by atoms with Crippen molar-refractivity contribution in [2.45, 2.75) is 13.0 Å². The van der Waals surface area contributed by atoms with Crippen molar-refractivity contribution in [1.29, 1.82) is 0 Å². The van der Waals surface area contributed by atoms with Gasteiger partial charge in [-0.2, -0.15) is 0 Å². The number of aromatic nitrogens is 1. The summed E-state index contributed by atoms with van der Waals surface area (Å²) >= 11 is 1.47. The van der Waals surface area contributed by atoms with Crippen LogP contribution >= 0.6 is 11.3 Å². The first-order valence-corrected chi connectivity index (χ1v) is 9.42. The number of amides is 1. The minimum Gasteiger partial charge on any atom is -0.492 e. The number of hydrogen-bond donors (Lipinski definition) is 1. The lowest BCUT2D eigenvalue weighted by Crippen LogP contribution is -2.35. The second-order valence-electron chi connectivity index (χ2n) is 6.34. The summed E-state index contributed by atoms with van der Waals surface area (Å²) in [5, 5.41) is 5.62. The first-order valence-electron chi connectivity index (χ1n) is 8.54. The summed E-state index contributed by atoms with van der Waals surface area (Å²) in [4.78, 5) is 19.4. The molecule has 0 bridgehead atoms. The van der Waals surface area contributed by atoms with E-state index in [1.165, 1.54) is 11.3 Å². The second kappa shape index (κ2) is 7.51. The Bertz CT molecular complexity index is 743. The van der Waals surface area contributed by atoms with Crippen LogP contribution in [0.2, 0.25) is 0 Å². The third-order valence-corrected chi connectivity index (χ3v) is 5.33. The molecule has 2 aliphatic rings. The molecule has 1 aromatic heterocycles. The molecule has 1 fully saturated rings. The maximum atomic E-state index is 12.5. The van der Waals surface area contributed by atoms with Gasteiger partial charge in [-0.25, -0.2) is 4.98 Å². The topological polar surface area (TPSA) is 63.7 Å². The van der Waals surface area contributed by atoms with Crippen LogP contribution in [0.15, 0.2) is 29.6 Å². The molecule has 25 heavy (non-hydrogen) atoms. The molecule has 7 heteroatoms. The van der Waals surface area contributed by atoms with Crippen molar-refractivity contribution in [3.05, 3.63) is 40.9 Å². The van der Waals surface area contributed by atoms with Crippen molar-refractivity contribution in [2.75, 3.05) is 38.2 Å². The van der Waals surface area contributed by atoms with Gasteiger partial charge in [-0.05, 0) is 18.1 Å². The Labute approximate surface area is 150 Å². The smallest absolute Gasteiger partial charge is 0.233 e. The van der Waals surface area contributed by atoms with Crippen LogP contribution < -0.4 is 10.1 Å². The van der Waals surface area contributed by atoms with Gasteiger partial charge in [0.05, 0.1) is 24.8 Å². The molecule has 6 nitrogen and oxygen atoms in total. The lowest BCUT2D eigenvalue weighted by molar-refractivity contribution is -0.121. The number of benzene rings is 1. The van der Waals surface area contributed by atoms with E-state index in [2.05, 4.69) is 15.2 Å². The van der Waals surface area contributed by atoms with Gasteiger partial charge in [0.15, 0.2) is 5.13 Å². The lowest BCUT2D eigenvalue weighted by Gasteiger charge is -2.25. The molecule has 0 aliphatic carbocycles. The molecule has 4 rings (SSSR count). The Kier molecular flexibility index (Phi) is 4.96. The fourth-order valence-electron chi connectivity index (χ4n) is 3.13. The monoisotopic (exact) mass is 359 g/mol. The van der Waals surface area contributed by atoms with Gasteiger partial charge >= 0.3 is 0 Å². The quantitative estimate of drug-likeness (QED) is 0.906. The van der Waals surface area contributed by atoms with Crippen molar-refractivity contribution in [3.8, 4) is 5.75 Å². The number of nitrogens with zero attached hydrogens (tertiary/aromatic N) is 2. The van der Waals surface area contributed by atoms with Crippen LogP contribution in [-0.2, 0) is 22.5 Å². The third-order valence-electron chi connectivity index (χ3n) is 4.52. The number of morpholine rings is 1. The maximum Gasteiger partial charge on any atom is 0.233 e. The summed E-state index contributed by atoms with van der Waals surface area (Å²) < 4.78 is 11.1. The SMILES string of the molecule is O=C(Nc1nc(CN2CCOCC2)cs1)C1COc2ccccc2C1. The van der Waals surface area contributed by atoms with E-state index in [-0.39, 0.29) is 11.8 Å².